The number of piperazine rings is 1. The molecule has 2 heterocycles. The van der Waals surface area contributed by atoms with Crippen molar-refractivity contribution in [3.63, 3.8) is 0 Å². The number of amides is 2. The van der Waals surface area contributed by atoms with Gasteiger partial charge >= 0.3 is 0 Å². The molecule has 0 bridgehead atoms. The lowest BCUT2D eigenvalue weighted by molar-refractivity contribution is -0.157. The molecule has 2 aliphatic heterocycles. The summed E-state index contributed by atoms with van der Waals surface area (Å²) in [5, 5.41) is 0. The van der Waals surface area contributed by atoms with Crippen molar-refractivity contribution in [2.24, 2.45) is 0 Å². The number of fused-ring (bicyclic) bond motifs is 1. The molecule has 1 unspecified atom stereocenters. The maximum atomic E-state index is 12.1. The van der Waals surface area contributed by atoms with Gasteiger partial charge in [0.15, 0.2) is 0 Å². The minimum atomic E-state index is -0.156. The molecule has 0 spiro atoms. The number of nitrogens with zero attached hydrogens (tertiary/aromatic N) is 2. The van der Waals surface area contributed by atoms with Crippen molar-refractivity contribution < 1.29 is 9.59 Å². The molecule has 2 rings (SSSR count). The van der Waals surface area contributed by atoms with Crippen LogP contribution in [0, 0.1) is 0 Å². The van der Waals surface area contributed by atoms with E-state index in [-0.39, 0.29) is 24.4 Å². The van der Waals surface area contributed by atoms with Crippen LogP contribution in [0.5, 0.6) is 0 Å². The first-order chi connectivity index (χ1) is 7.74. The van der Waals surface area contributed by atoms with Gasteiger partial charge in [-0.2, -0.15) is 11.8 Å². The van der Waals surface area contributed by atoms with Crippen LogP contribution in [0.15, 0.2) is 0 Å². The van der Waals surface area contributed by atoms with E-state index in [1.165, 1.54) is 0 Å². The second-order valence-corrected chi connectivity index (χ2v) is 5.34. The highest BCUT2D eigenvalue weighted by atomic mass is 32.2. The fraction of sp³-hybridized carbons (Fsp3) is 0.818. The molecule has 4 nitrogen and oxygen atoms in total. The molecule has 0 saturated carbocycles. The quantitative estimate of drug-likeness (QED) is 0.726. The summed E-state index contributed by atoms with van der Waals surface area (Å²) < 4.78 is 0. The van der Waals surface area contributed by atoms with E-state index in [2.05, 4.69) is 0 Å². The predicted molar refractivity (Wildman–Crippen MR) is 64.3 cm³/mol. The number of carbonyl (C=O) groups is 2. The smallest absolute Gasteiger partial charge is 0.245 e. The summed E-state index contributed by atoms with van der Waals surface area (Å²) in [4.78, 5) is 27.5. The molecule has 16 heavy (non-hydrogen) atoms. The number of rotatable bonds is 3. The van der Waals surface area contributed by atoms with Crippen LogP contribution in [0.3, 0.4) is 0 Å². The van der Waals surface area contributed by atoms with Gasteiger partial charge in [0.25, 0.3) is 0 Å². The molecule has 2 aliphatic rings. The van der Waals surface area contributed by atoms with Crippen LogP contribution < -0.4 is 0 Å². The molecule has 90 valence electrons. The molecule has 0 radical (unpaired) electrons. The summed E-state index contributed by atoms with van der Waals surface area (Å²) in [5.41, 5.74) is 0. The zero-order valence-electron chi connectivity index (χ0n) is 9.65. The van der Waals surface area contributed by atoms with Crippen LogP contribution in [-0.4, -0.2) is 59.3 Å². The Labute approximate surface area is 100 Å². The van der Waals surface area contributed by atoms with E-state index in [0.717, 1.165) is 31.6 Å². The molecule has 1 atom stereocenters. The largest absolute Gasteiger partial charge is 0.331 e. The van der Waals surface area contributed by atoms with Gasteiger partial charge in [0.05, 0.1) is 6.54 Å². The summed E-state index contributed by atoms with van der Waals surface area (Å²) in [5.74, 6) is 1.20. The van der Waals surface area contributed by atoms with E-state index in [4.69, 9.17) is 0 Å². The van der Waals surface area contributed by atoms with Crippen molar-refractivity contribution in [2.45, 2.75) is 25.3 Å². The summed E-state index contributed by atoms with van der Waals surface area (Å²) >= 11 is 1.71. The summed E-state index contributed by atoms with van der Waals surface area (Å²) in [7, 11) is 0. The monoisotopic (exact) mass is 242 g/mol. The second kappa shape index (κ2) is 5.08. The molecule has 0 aromatic rings. The molecule has 2 fully saturated rings. The lowest BCUT2D eigenvalue weighted by Gasteiger charge is -2.42. The van der Waals surface area contributed by atoms with Crippen molar-refractivity contribution >= 4 is 23.6 Å². The summed E-state index contributed by atoms with van der Waals surface area (Å²) in [6, 6.07) is -0.156. The minimum Gasteiger partial charge on any atom is -0.331 e. The Morgan fingerprint density at radius 3 is 2.94 bits per heavy atom. The van der Waals surface area contributed by atoms with Gasteiger partial charge in [-0.3, -0.25) is 9.59 Å². The Hall–Kier alpha value is -0.710. The topological polar surface area (TPSA) is 40.6 Å². The fourth-order valence-electron chi connectivity index (χ4n) is 2.42. The first kappa shape index (κ1) is 11.8. The van der Waals surface area contributed by atoms with Gasteiger partial charge in [-0.05, 0) is 25.5 Å². The van der Waals surface area contributed by atoms with E-state index >= 15 is 0 Å². The van der Waals surface area contributed by atoms with Crippen molar-refractivity contribution in [1.82, 2.24) is 9.80 Å². The lowest BCUT2D eigenvalue weighted by atomic mass is 9.98. The molecular weight excluding hydrogens is 224 g/mol. The van der Waals surface area contributed by atoms with E-state index in [9.17, 15) is 9.59 Å². The maximum Gasteiger partial charge on any atom is 0.245 e. The van der Waals surface area contributed by atoms with Gasteiger partial charge in [-0.1, -0.05) is 0 Å². The zero-order chi connectivity index (χ0) is 11.5. The Morgan fingerprint density at radius 2 is 2.19 bits per heavy atom. The van der Waals surface area contributed by atoms with Gasteiger partial charge in [-0.15, -0.1) is 0 Å². The fourth-order valence-corrected chi connectivity index (χ4v) is 2.82. The van der Waals surface area contributed by atoms with E-state index < -0.39 is 0 Å². The molecule has 5 heteroatoms. The van der Waals surface area contributed by atoms with E-state index in [0.29, 0.717) is 6.54 Å². The van der Waals surface area contributed by atoms with Crippen LogP contribution in [0.1, 0.15) is 19.3 Å². The molecule has 0 aromatic heterocycles. The normalized spacial score (nSPS) is 25.9. The SMILES string of the molecule is CSCCN1CC(=O)N2CCCCC2C1=O. The molecule has 0 N–H and O–H groups in total. The van der Waals surface area contributed by atoms with Crippen LogP contribution in [0.4, 0.5) is 0 Å². The first-order valence-electron chi connectivity index (χ1n) is 5.81. The van der Waals surface area contributed by atoms with Crippen molar-refractivity contribution in [1.29, 1.82) is 0 Å². The van der Waals surface area contributed by atoms with Crippen LogP contribution >= 0.6 is 11.8 Å². The average molecular weight is 242 g/mol. The Bertz CT molecular complexity index is 296. The highest BCUT2D eigenvalue weighted by molar-refractivity contribution is 7.98. The maximum absolute atomic E-state index is 12.1. The Morgan fingerprint density at radius 1 is 1.38 bits per heavy atom. The van der Waals surface area contributed by atoms with E-state index in [1.807, 2.05) is 6.26 Å². The highest BCUT2D eigenvalue weighted by Crippen LogP contribution is 2.23. The summed E-state index contributed by atoms with van der Waals surface area (Å²) in [6.07, 6.45) is 4.97. The number of hydrogen-bond acceptors (Lipinski definition) is 3. The molecule has 2 saturated heterocycles. The van der Waals surface area contributed by atoms with Crippen LogP contribution in [0.2, 0.25) is 0 Å². The number of thioether (sulfide) groups is 1. The number of piperidine rings is 1. The lowest BCUT2D eigenvalue weighted by Crippen LogP contribution is -2.61. The average Bonchev–Trinajstić information content (AvgIpc) is 2.32. The number of hydrogen-bond donors (Lipinski definition) is 0. The van der Waals surface area contributed by atoms with Crippen LogP contribution in [-0.2, 0) is 9.59 Å². The van der Waals surface area contributed by atoms with Gasteiger partial charge in [0, 0.05) is 18.8 Å². The van der Waals surface area contributed by atoms with Gasteiger partial charge in [-0.25, -0.2) is 0 Å². The van der Waals surface area contributed by atoms with Crippen LogP contribution in [0.25, 0.3) is 0 Å². The number of carbonyl (C=O) groups excluding carboxylic acids is 2. The Kier molecular flexibility index (Phi) is 3.74. The molecule has 2 amide bonds. The third-order valence-corrected chi connectivity index (χ3v) is 3.90. The zero-order valence-corrected chi connectivity index (χ0v) is 10.5. The predicted octanol–water partition coefficient (Wildman–Crippen LogP) is 0.573. The van der Waals surface area contributed by atoms with Crippen molar-refractivity contribution in [3.05, 3.63) is 0 Å². The van der Waals surface area contributed by atoms with Crippen molar-refractivity contribution in [3.8, 4) is 0 Å². The van der Waals surface area contributed by atoms with Gasteiger partial charge in [0.1, 0.15) is 6.04 Å². The van der Waals surface area contributed by atoms with Gasteiger partial charge in [0.2, 0.25) is 11.8 Å². The van der Waals surface area contributed by atoms with E-state index in [1.54, 1.807) is 21.6 Å². The third kappa shape index (κ3) is 2.19. The first-order valence-corrected chi connectivity index (χ1v) is 7.20. The standard InChI is InChI=1S/C11H18N2O2S/c1-16-7-6-12-8-10(14)13-5-3-2-4-9(13)11(12)15/h9H,2-8H2,1H3. The Balaban J connectivity index is 2.04. The minimum absolute atomic E-state index is 0.130. The highest BCUT2D eigenvalue weighted by Gasteiger charge is 2.39. The summed E-state index contributed by atoms with van der Waals surface area (Å²) in [6.45, 7) is 1.76. The molecule has 0 aliphatic carbocycles. The van der Waals surface area contributed by atoms with Gasteiger partial charge < -0.3 is 9.80 Å². The second-order valence-electron chi connectivity index (χ2n) is 4.35. The van der Waals surface area contributed by atoms with Crippen molar-refractivity contribution in [2.75, 3.05) is 31.6 Å². The third-order valence-electron chi connectivity index (χ3n) is 3.31. The molecular formula is C11H18N2O2S. The molecule has 0 aromatic carbocycles.